The summed E-state index contributed by atoms with van der Waals surface area (Å²) >= 11 is 0. The molecule has 1 aromatic heterocycles. The van der Waals surface area contributed by atoms with E-state index in [2.05, 4.69) is 279 Å². The van der Waals surface area contributed by atoms with Gasteiger partial charge in [-0.15, -0.1) is 0 Å². The van der Waals surface area contributed by atoms with Crippen molar-refractivity contribution in [3.63, 3.8) is 0 Å². The maximum atomic E-state index is 4.05. The topological polar surface area (TPSA) is 8.17 Å². The lowest BCUT2D eigenvalue weighted by Crippen LogP contribution is -2.17. The standard InChI is InChI=1S/C71H78N2/c1-19-20-47(66(3,4)5)35-36-72(63-32-23-48(37-44(63)2)67(6,7)8)51-26-30-55-53-28-21-45(38-59(53)70(15,16)61(55)42-51)46-22-29-54-56-31-27-52(43-62(56)71(17,18)60(54)39-46)73-64-33-24-49(68(9,10)11)40-57(64)58-41-50(69(12,13)14)25-34-65(58)73/h19-43H,1H2,2-18H3/b36-35-,47-20+. The number of nitrogens with zero attached hydrogens (tertiary/aromatic N) is 2. The zero-order valence-corrected chi connectivity index (χ0v) is 47.0. The van der Waals surface area contributed by atoms with Gasteiger partial charge in [0.15, 0.2) is 0 Å². The van der Waals surface area contributed by atoms with Crippen LogP contribution in [-0.2, 0) is 27.1 Å². The largest absolute Gasteiger partial charge is 0.317 e. The van der Waals surface area contributed by atoms with Crippen LogP contribution in [0.3, 0.4) is 0 Å². The lowest BCUT2D eigenvalue weighted by atomic mass is 9.80. The Bertz CT molecular complexity index is 3550. The number of aryl methyl sites for hydroxylation is 1. The van der Waals surface area contributed by atoms with Crippen molar-refractivity contribution in [2.45, 2.75) is 145 Å². The maximum absolute atomic E-state index is 4.05. The molecular formula is C71H78N2. The minimum atomic E-state index is -0.214. The van der Waals surface area contributed by atoms with E-state index in [4.69, 9.17) is 0 Å². The number of aromatic nitrogens is 1. The molecule has 0 fully saturated rings. The van der Waals surface area contributed by atoms with Crippen LogP contribution < -0.4 is 4.90 Å². The Balaban J connectivity index is 1.01. The van der Waals surface area contributed by atoms with Crippen LogP contribution in [0.25, 0.3) is 60.9 Å². The van der Waals surface area contributed by atoms with Crippen molar-refractivity contribution in [2.24, 2.45) is 5.41 Å². The van der Waals surface area contributed by atoms with Gasteiger partial charge in [0.25, 0.3) is 0 Å². The highest BCUT2D eigenvalue weighted by molar-refractivity contribution is 6.10. The Labute approximate surface area is 438 Å². The van der Waals surface area contributed by atoms with Crippen molar-refractivity contribution in [3.05, 3.63) is 208 Å². The molecule has 73 heavy (non-hydrogen) atoms. The van der Waals surface area contributed by atoms with Gasteiger partial charge >= 0.3 is 0 Å². The van der Waals surface area contributed by atoms with E-state index in [1.807, 2.05) is 6.08 Å². The number of benzene rings is 7. The van der Waals surface area contributed by atoms with Crippen molar-refractivity contribution in [1.29, 1.82) is 0 Å². The Morgan fingerprint density at radius 1 is 0.493 bits per heavy atom. The van der Waals surface area contributed by atoms with E-state index in [9.17, 15) is 0 Å². The molecule has 2 nitrogen and oxygen atoms in total. The quantitative estimate of drug-likeness (QED) is 0.145. The number of hydrogen-bond acceptors (Lipinski definition) is 1. The molecule has 0 saturated heterocycles. The third kappa shape index (κ3) is 8.44. The molecule has 0 aliphatic heterocycles. The van der Waals surface area contributed by atoms with E-state index >= 15 is 0 Å². The van der Waals surface area contributed by atoms with Gasteiger partial charge < -0.3 is 9.47 Å². The van der Waals surface area contributed by atoms with E-state index < -0.39 is 0 Å². The molecule has 0 radical (unpaired) electrons. The SMILES string of the molecule is C=C/C=C(\C=C/N(c1ccc2c(c1)C(C)(C)c1cc(-c3ccc4c(c3)C(C)(C)c3cc(-n5c6ccc(C(C)(C)C)cc6c6cc(C(C)(C)C)ccc65)ccc3-4)ccc1-2)c1ccc(C(C)(C)C)cc1C)C(C)(C)C. The van der Waals surface area contributed by atoms with Crippen LogP contribution in [0.4, 0.5) is 11.4 Å². The molecule has 0 atom stereocenters. The molecule has 0 bridgehead atoms. The molecule has 8 aromatic rings. The van der Waals surface area contributed by atoms with Crippen molar-refractivity contribution >= 4 is 33.2 Å². The van der Waals surface area contributed by atoms with Crippen LogP contribution in [0.5, 0.6) is 0 Å². The summed E-state index contributed by atoms with van der Waals surface area (Å²) in [6.07, 6.45) is 8.57. The van der Waals surface area contributed by atoms with Crippen molar-refractivity contribution in [3.8, 4) is 39.1 Å². The lowest BCUT2D eigenvalue weighted by molar-refractivity contribution is 0.517. The van der Waals surface area contributed by atoms with E-state index in [0.717, 1.165) is 5.69 Å². The van der Waals surface area contributed by atoms with Crippen LogP contribution in [0.1, 0.15) is 155 Å². The Morgan fingerprint density at radius 2 is 0.932 bits per heavy atom. The Hall–Kier alpha value is -6.64. The van der Waals surface area contributed by atoms with Gasteiger partial charge in [-0.25, -0.2) is 0 Å². The van der Waals surface area contributed by atoms with Gasteiger partial charge in [-0.3, -0.25) is 0 Å². The Morgan fingerprint density at radius 3 is 1.40 bits per heavy atom. The maximum Gasteiger partial charge on any atom is 0.0541 e. The zero-order chi connectivity index (χ0) is 52.5. The van der Waals surface area contributed by atoms with Gasteiger partial charge in [-0.05, 0) is 185 Å². The second-order valence-corrected chi connectivity index (χ2v) is 26.6. The summed E-state index contributed by atoms with van der Waals surface area (Å²) < 4.78 is 2.51. The average molecular weight is 959 g/mol. The smallest absolute Gasteiger partial charge is 0.0541 e. The summed E-state index contributed by atoms with van der Waals surface area (Å²) in [4.78, 5) is 2.39. The van der Waals surface area contributed by atoms with Gasteiger partial charge in [0.1, 0.15) is 0 Å². The first-order chi connectivity index (χ1) is 34.1. The molecule has 1 heterocycles. The van der Waals surface area contributed by atoms with Crippen LogP contribution in [0.15, 0.2) is 164 Å². The number of allylic oxidation sites excluding steroid dienone is 4. The number of anilines is 2. The highest BCUT2D eigenvalue weighted by Crippen LogP contribution is 2.54. The monoisotopic (exact) mass is 959 g/mol. The third-order valence-corrected chi connectivity index (χ3v) is 16.6. The van der Waals surface area contributed by atoms with Crippen LogP contribution in [-0.4, -0.2) is 4.57 Å². The van der Waals surface area contributed by atoms with Gasteiger partial charge in [-0.2, -0.15) is 0 Å². The first-order valence-electron chi connectivity index (χ1n) is 26.7. The highest BCUT2D eigenvalue weighted by Gasteiger charge is 2.39. The highest BCUT2D eigenvalue weighted by atomic mass is 15.1. The van der Waals surface area contributed by atoms with E-state index in [0.29, 0.717) is 0 Å². The first kappa shape index (κ1) is 49.9. The van der Waals surface area contributed by atoms with Crippen LogP contribution >= 0.6 is 0 Å². The summed E-state index contributed by atoms with van der Waals surface area (Å²) in [5.41, 5.74) is 25.6. The fourth-order valence-electron chi connectivity index (χ4n) is 11.9. The normalized spacial score (nSPS) is 15.2. The molecule has 2 heteroatoms. The lowest BCUT2D eigenvalue weighted by Gasteiger charge is -2.29. The molecule has 7 aromatic carbocycles. The third-order valence-electron chi connectivity index (χ3n) is 16.6. The van der Waals surface area contributed by atoms with E-state index in [1.54, 1.807) is 0 Å². The summed E-state index contributed by atoms with van der Waals surface area (Å²) in [6, 6.07) is 50.0. The van der Waals surface area contributed by atoms with Gasteiger partial charge in [0, 0.05) is 44.9 Å². The summed E-state index contributed by atoms with van der Waals surface area (Å²) in [5, 5.41) is 2.64. The fourth-order valence-corrected chi connectivity index (χ4v) is 11.9. The van der Waals surface area contributed by atoms with Crippen LogP contribution in [0.2, 0.25) is 0 Å². The molecule has 0 spiro atoms. The Kier molecular flexibility index (Phi) is 11.6. The predicted octanol–water partition coefficient (Wildman–Crippen LogP) is 20.1. The average Bonchev–Trinajstić information content (AvgIpc) is 3.85. The summed E-state index contributed by atoms with van der Waals surface area (Å²) in [7, 11) is 0. The minimum absolute atomic E-state index is 0.0360. The number of fused-ring (bicyclic) bond motifs is 9. The molecule has 0 N–H and O–H groups in total. The van der Waals surface area contributed by atoms with Crippen molar-refractivity contribution in [1.82, 2.24) is 4.57 Å². The van der Waals surface area contributed by atoms with Crippen LogP contribution in [0, 0.1) is 12.3 Å². The number of rotatable bonds is 7. The fraction of sp³-hybridized carbons (Fsp3) is 0.324. The van der Waals surface area contributed by atoms with Crippen molar-refractivity contribution < 1.29 is 0 Å². The molecule has 0 amide bonds. The van der Waals surface area contributed by atoms with Gasteiger partial charge in [-0.1, -0.05) is 190 Å². The van der Waals surface area contributed by atoms with Gasteiger partial charge in [0.2, 0.25) is 0 Å². The predicted molar refractivity (Wildman–Crippen MR) is 318 cm³/mol. The van der Waals surface area contributed by atoms with Gasteiger partial charge in [0.05, 0.1) is 11.0 Å². The number of hydrogen-bond donors (Lipinski definition) is 0. The van der Waals surface area contributed by atoms with E-state index in [-0.39, 0.29) is 32.5 Å². The molecule has 2 aliphatic rings. The molecule has 10 rings (SSSR count). The summed E-state index contributed by atoms with van der Waals surface area (Å²) in [6.45, 7) is 43.5. The minimum Gasteiger partial charge on any atom is -0.317 e. The second kappa shape index (κ2) is 17.0. The molecule has 0 saturated carbocycles. The van der Waals surface area contributed by atoms with Crippen molar-refractivity contribution in [2.75, 3.05) is 4.90 Å². The van der Waals surface area contributed by atoms with E-state index in [1.165, 1.54) is 117 Å². The second-order valence-electron chi connectivity index (χ2n) is 26.6. The molecule has 0 unspecified atom stereocenters. The zero-order valence-electron chi connectivity index (χ0n) is 47.0. The first-order valence-corrected chi connectivity index (χ1v) is 26.7. The molecule has 372 valence electrons. The molecular weight excluding hydrogens is 881 g/mol. The molecule has 2 aliphatic carbocycles. The summed E-state index contributed by atoms with van der Waals surface area (Å²) in [5.74, 6) is 0.